The molecule has 1 fully saturated rings. The number of rotatable bonds is 4. The van der Waals surface area contributed by atoms with Gasteiger partial charge < -0.3 is 15.2 Å². The monoisotopic (exact) mass is 328 g/mol. The molecule has 2 aromatic rings. The molecule has 130 valence electrons. The van der Waals surface area contributed by atoms with Crippen molar-refractivity contribution in [1.29, 1.82) is 0 Å². The summed E-state index contributed by atoms with van der Waals surface area (Å²) in [6, 6.07) is 4.69. The maximum Gasteiger partial charge on any atom is 0.203 e. The Labute approximate surface area is 143 Å². The largest absolute Gasteiger partial charge is 0.366 e. The fraction of sp³-hybridized carbons (Fsp3) is 0.579. The number of fused-ring (bicyclic) bond motifs is 1. The lowest BCUT2D eigenvalue weighted by Crippen LogP contribution is -2.50. The van der Waals surface area contributed by atoms with Crippen molar-refractivity contribution in [2.45, 2.75) is 47.1 Å². The van der Waals surface area contributed by atoms with Crippen molar-refractivity contribution < 1.29 is 4.79 Å². The summed E-state index contributed by atoms with van der Waals surface area (Å²) in [5.41, 5.74) is 3.86. The van der Waals surface area contributed by atoms with Crippen LogP contribution in [0.1, 0.15) is 50.3 Å². The van der Waals surface area contributed by atoms with Gasteiger partial charge in [0, 0.05) is 36.8 Å². The number of aromatic nitrogens is 2. The molecule has 0 bridgehead atoms. The summed E-state index contributed by atoms with van der Waals surface area (Å²) in [6.07, 6.45) is 0.797. The lowest BCUT2D eigenvalue weighted by molar-refractivity contribution is 0.0823. The van der Waals surface area contributed by atoms with Gasteiger partial charge in [-0.05, 0) is 38.0 Å². The van der Waals surface area contributed by atoms with Gasteiger partial charge in [-0.3, -0.25) is 4.79 Å². The van der Waals surface area contributed by atoms with Gasteiger partial charge in [0.25, 0.3) is 0 Å². The Morgan fingerprint density at radius 3 is 2.83 bits per heavy atom. The average molecular weight is 328 g/mol. The third kappa shape index (κ3) is 2.93. The van der Waals surface area contributed by atoms with Crippen molar-refractivity contribution >= 4 is 22.5 Å². The minimum absolute atomic E-state index is 0.0796. The summed E-state index contributed by atoms with van der Waals surface area (Å²) in [4.78, 5) is 22.9. The number of benzene rings is 1. The highest BCUT2D eigenvalue weighted by molar-refractivity contribution is 5.99. The van der Waals surface area contributed by atoms with Crippen LogP contribution in [0.5, 0.6) is 0 Å². The van der Waals surface area contributed by atoms with Crippen molar-refractivity contribution in [3.63, 3.8) is 0 Å². The van der Waals surface area contributed by atoms with Gasteiger partial charge in [0.1, 0.15) is 0 Å². The summed E-state index contributed by atoms with van der Waals surface area (Å²) in [5, 5.41) is 3.43. The molecule has 0 aliphatic carbocycles. The summed E-state index contributed by atoms with van der Waals surface area (Å²) in [7, 11) is 0. The Morgan fingerprint density at radius 2 is 2.17 bits per heavy atom. The summed E-state index contributed by atoms with van der Waals surface area (Å²) >= 11 is 0. The first-order chi connectivity index (χ1) is 11.3. The zero-order valence-corrected chi connectivity index (χ0v) is 15.4. The summed E-state index contributed by atoms with van der Waals surface area (Å²) in [5.74, 6) is 0.553. The van der Waals surface area contributed by atoms with E-state index in [4.69, 9.17) is 0 Å². The molecule has 1 aliphatic heterocycles. The SMILES string of the molecule is CCC(C)(C)C(=O)c1nc2cc(C)c(N3CCNCC3C)cc2[nH]1. The Kier molecular flexibility index (Phi) is 4.38. The average Bonchev–Trinajstić information content (AvgIpc) is 2.96. The summed E-state index contributed by atoms with van der Waals surface area (Å²) < 4.78 is 0. The normalized spacial score (nSPS) is 19.0. The van der Waals surface area contributed by atoms with Crippen LogP contribution in [0.2, 0.25) is 0 Å². The van der Waals surface area contributed by atoms with Crippen LogP contribution in [0, 0.1) is 12.3 Å². The van der Waals surface area contributed by atoms with Crippen molar-refractivity contribution in [1.82, 2.24) is 15.3 Å². The molecular formula is C19H28N4O. The van der Waals surface area contributed by atoms with E-state index in [1.807, 2.05) is 20.8 Å². The van der Waals surface area contributed by atoms with E-state index < -0.39 is 5.41 Å². The van der Waals surface area contributed by atoms with Gasteiger partial charge in [0.15, 0.2) is 5.82 Å². The molecule has 1 unspecified atom stereocenters. The second-order valence-electron chi connectivity index (χ2n) is 7.55. The molecular weight excluding hydrogens is 300 g/mol. The minimum Gasteiger partial charge on any atom is -0.366 e. The minimum atomic E-state index is -0.390. The van der Waals surface area contributed by atoms with E-state index in [2.05, 4.69) is 46.2 Å². The number of anilines is 1. The number of piperazine rings is 1. The van der Waals surface area contributed by atoms with E-state index in [0.717, 1.165) is 37.1 Å². The molecule has 0 saturated carbocycles. The second kappa shape index (κ2) is 6.20. The van der Waals surface area contributed by atoms with Crippen molar-refractivity contribution in [2.24, 2.45) is 5.41 Å². The van der Waals surface area contributed by atoms with Crippen LogP contribution in [0.25, 0.3) is 11.0 Å². The van der Waals surface area contributed by atoms with Crippen LogP contribution in [0.4, 0.5) is 5.69 Å². The maximum absolute atomic E-state index is 12.7. The number of hydrogen-bond acceptors (Lipinski definition) is 4. The highest BCUT2D eigenvalue weighted by Gasteiger charge is 2.29. The van der Waals surface area contributed by atoms with Crippen LogP contribution in [0.3, 0.4) is 0 Å². The lowest BCUT2D eigenvalue weighted by atomic mass is 9.85. The number of nitrogens with one attached hydrogen (secondary N) is 2. The Bertz CT molecular complexity index is 762. The second-order valence-corrected chi connectivity index (χ2v) is 7.55. The lowest BCUT2D eigenvalue weighted by Gasteiger charge is -2.36. The van der Waals surface area contributed by atoms with Crippen molar-refractivity contribution in [3.8, 4) is 0 Å². The number of aromatic amines is 1. The molecule has 0 amide bonds. The predicted molar refractivity (Wildman–Crippen MR) is 98.9 cm³/mol. The molecule has 24 heavy (non-hydrogen) atoms. The third-order valence-electron chi connectivity index (χ3n) is 5.32. The molecule has 1 aromatic heterocycles. The maximum atomic E-state index is 12.7. The Morgan fingerprint density at radius 1 is 1.42 bits per heavy atom. The topological polar surface area (TPSA) is 61.0 Å². The molecule has 1 aromatic carbocycles. The quantitative estimate of drug-likeness (QED) is 0.846. The van der Waals surface area contributed by atoms with E-state index in [1.165, 1.54) is 11.3 Å². The first-order valence-corrected chi connectivity index (χ1v) is 8.86. The molecule has 2 N–H and O–H groups in total. The van der Waals surface area contributed by atoms with E-state index in [0.29, 0.717) is 11.9 Å². The number of hydrogen-bond donors (Lipinski definition) is 2. The number of aryl methyl sites for hydroxylation is 1. The molecule has 2 heterocycles. The van der Waals surface area contributed by atoms with Gasteiger partial charge >= 0.3 is 0 Å². The molecule has 1 saturated heterocycles. The Balaban J connectivity index is 2.00. The number of nitrogens with zero attached hydrogens (tertiary/aromatic N) is 2. The van der Waals surface area contributed by atoms with E-state index in [-0.39, 0.29) is 5.78 Å². The van der Waals surface area contributed by atoms with Gasteiger partial charge in [-0.25, -0.2) is 4.98 Å². The summed E-state index contributed by atoms with van der Waals surface area (Å²) in [6.45, 7) is 13.3. The van der Waals surface area contributed by atoms with Gasteiger partial charge in [-0.2, -0.15) is 0 Å². The molecule has 3 rings (SSSR count). The van der Waals surface area contributed by atoms with E-state index in [1.54, 1.807) is 0 Å². The highest BCUT2D eigenvalue weighted by atomic mass is 16.1. The molecule has 0 radical (unpaired) electrons. The fourth-order valence-corrected chi connectivity index (χ4v) is 3.25. The Hall–Kier alpha value is -1.88. The van der Waals surface area contributed by atoms with Crippen LogP contribution in [-0.4, -0.2) is 41.4 Å². The van der Waals surface area contributed by atoms with E-state index >= 15 is 0 Å². The van der Waals surface area contributed by atoms with Gasteiger partial charge in [0.2, 0.25) is 5.78 Å². The standard InChI is InChI=1S/C19H28N4O/c1-6-19(4,5)17(24)18-21-14-9-12(2)16(10-15(14)22-18)23-8-7-20-11-13(23)3/h9-10,13,20H,6-8,11H2,1-5H3,(H,21,22). The number of imidazole rings is 1. The zero-order valence-electron chi connectivity index (χ0n) is 15.4. The highest BCUT2D eigenvalue weighted by Crippen LogP contribution is 2.30. The fourth-order valence-electron chi connectivity index (χ4n) is 3.25. The molecule has 0 spiro atoms. The van der Waals surface area contributed by atoms with Gasteiger partial charge in [-0.15, -0.1) is 0 Å². The zero-order chi connectivity index (χ0) is 17.5. The molecule has 1 atom stereocenters. The van der Waals surface area contributed by atoms with Crippen LogP contribution >= 0.6 is 0 Å². The number of carbonyl (C=O) groups excluding carboxylic acids is 1. The number of H-pyrrole nitrogens is 1. The van der Waals surface area contributed by atoms with Crippen molar-refractivity contribution in [3.05, 3.63) is 23.5 Å². The predicted octanol–water partition coefficient (Wildman–Crippen LogP) is 3.29. The van der Waals surface area contributed by atoms with Gasteiger partial charge in [0.05, 0.1) is 11.0 Å². The number of ketones is 1. The molecule has 5 heteroatoms. The number of Topliss-reactive ketones (excluding diaryl/α,β-unsaturated/α-hetero) is 1. The first kappa shape index (κ1) is 17.0. The van der Waals surface area contributed by atoms with Crippen molar-refractivity contribution in [2.75, 3.05) is 24.5 Å². The first-order valence-electron chi connectivity index (χ1n) is 8.86. The molecule has 1 aliphatic rings. The van der Waals surface area contributed by atoms with Gasteiger partial charge in [-0.1, -0.05) is 20.8 Å². The number of carbonyl (C=O) groups is 1. The van der Waals surface area contributed by atoms with Crippen LogP contribution in [-0.2, 0) is 0 Å². The van der Waals surface area contributed by atoms with E-state index in [9.17, 15) is 4.79 Å². The third-order valence-corrected chi connectivity index (χ3v) is 5.32. The smallest absolute Gasteiger partial charge is 0.203 e. The van der Waals surface area contributed by atoms with Crippen LogP contribution < -0.4 is 10.2 Å². The molecule has 5 nitrogen and oxygen atoms in total. The van der Waals surface area contributed by atoms with Crippen LogP contribution in [0.15, 0.2) is 12.1 Å².